The first-order valence-electron chi connectivity index (χ1n) is 8.64. The van der Waals surface area contributed by atoms with Crippen molar-refractivity contribution in [3.8, 4) is 0 Å². The van der Waals surface area contributed by atoms with Crippen LogP contribution in [0.25, 0.3) is 4.85 Å². The third-order valence-electron chi connectivity index (χ3n) is 4.55. The summed E-state index contributed by atoms with van der Waals surface area (Å²) < 4.78 is 0. The van der Waals surface area contributed by atoms with Gasteiger partial charge in [0.15, 0.2) is 5.78 Å². The van der Waals surface area contributed by atoms with E-state index < -0.39 is 17.9 Å². The first-order chi connectivity index (χ1) is 13.2. The van der Waals surface area contributed by atoms with Crippen LogP contribution in [0.5, 0.6) is 0 Å². The fourth-order valence-corrected chi connectivity index (χ4v) is 3.13. The van der Waals surface area contributed by atoms with Gasteiger partial charge in [-0.15, -0.1) is 0 Å². The van der Waals surface area contributed by atoms with Gasteiger partial charge in [-0.25, -0.2) is 4.85 Å². The summed E-state index contributed by atoms with van der Waals surface area (Å²) in [6, 6.07) is 9.72. The van der Waals surface area contributed by atoms with Crippen LogP contribution in [0.1, 0.15) is 28.4 Å². The molecule has 0 aromatic heterocycles. The summed E-state index contributed by atoms with van der Waals surface area (Å²) in [6.45, 7) is 10.2. The average molecular weight is 419 g/mol. The Labute approximate surface area is 174 Å². The van der Waals surface area contributed by atoms with Gasteiger partial charge in [0, 0.05) is 10.6 Å². The SMILES string of the molecule is [C-]#[N+]c1ccc(C[C@@H](C(=O)NCC(=O)c2ccc(Cl)cc2)[C@@H](C)O)c(C)c1Cl. The van der Waals surface area contributed by atoms with Crippen LogP contribution >= 0.6 is 23.2 Å². The molecular weight excluding hydrogens is 399 g/mol. The number of nitrogens with zero attached hydrogens (tertiary/aromatic N) is 1. The summed E-state index contributed by atoms with van der Waals surface area (Å²) in [4.78, 5) is 28.1. The van der Waals surface area contributed by atoms with E-state index in [0.717, 1.165) is 5.56 Å². The van der Waals surface area contributed by atoms with E-state index in [-0.39, 0.29) is 18.7 Å². The maximum absolute atomic E-state index is 12.6. The van der Waals surface area contributed by atoms with Gasteiger partial charge < -0.3 is 10.4 Å². The number of amides is 1. The second-order valence-electron chi connectivity index (χ2n) is 6.49. The van der Waals surface area contributed by atoms with Gasteiger partial charge in [0.25, 0.3) is 0 Å². The Kier molecular flexibility index (Phi) is 7.59. The third-order valence-corrected chi connectivity index (χ3v) is 5.28. The predicted molar refractivity (Wildman–Crippen MR) is 110 cm³/mol. The zero-order valence-corrected chi connectivity index (χ0v) is 17.0. The first-order valence-corrected chi connectivity index (χ1v) is 9.40. The van der Waals surface area contributed by atoms with Crippen LogP contribution in [0.15, 0.2) is 36.4 Å². The number of nitrogens with one attached hydrogen (secondary N) is 1. The molecule has 0 aliphatic rings. The molecule has 146 valence electrons. The summed E-state index contributed by atoms with van der Waals surface area (Å²) in [7, 11) is 0. The average Bonchev–Trinajstić information content (AvgIpc) is 2.67. The van der Waals surface area contributed by atoms with Crippen molar-refractivity contribution >= 4 is 40.6 Å². The van der Waals surface area contributed by atoms with Crippen LogP contribution in [0, 0.1) is 19.4 Å². The molecule has 28 heavy (non-hydrogen) atoms. The maximum Gasteiger partial charge on any atom is 0.226 e. The molecule has 0 saturated heterocycles. The number of ketones is 1. The molecule has 2 N–H and O–H groups in total. The predicted octanol–water partition coefficient (Wildman–Crippen LogP) is 4.39. The number of rotatable bonds is 7. The number of carbonyl (C=O) groups excluding carboxylic acids is 2. The Bertz CT molecular complexity index is 918. The van der Waals surface area contributed by atoms with Crippen LogP contribution in [0.3, 0.4) is 0 Å². The molecule has 0 unspecified atom stereocenters. The van der Waals surface area contributed by atoms with Crippen LogP contribution in [-0.2, 0) is 11.2 Å². The van der Waals surface area contributed by atoms with E-state index in [1.807, 2.05) is 0 Å². The molecule has 0 radical (unpaired) electrons. The Morgan fingerprint density at radius 1 is 1.18 bits per heavy atom. The molecule has 0 spiro atoms. The van der Waals surface area contributed by atoms with Crippen molar-refractivity contribution in [2.75, 3.05) is 6.54 Å². The van der Waals surface area contributed by atoms with Crippen molar-refractivity contribution in [3.63, 3.8) is 0 Å². The highest BCUT2D eigenvalue weighted by Crippen LogP contribution is 2.32. The summed E-state index contributed by atoms with van der Waals surface area (Å²) >= 11 is 12.0. The molecule has 2 aromatic carbocycles. The smallest absolute Gasteiger partial charge is 0.226 e. The summed E-state index contributed by atoms with van der Waals surface area (Å²) in [6.07, 6.45) is -0.688. The molecule has 0 bridgehead atoms. The molecule has 2 atom stereocenters. The Morgan fingerprint density at radius 3 is 2.39 bits per heavy atom. The molecule has 0 heterocycles. The van der Waals surface area contributed by atoms with Crippen LogP contribution in [0.2, 0.25) is 10.0 Å². The van der Waals surface area contributed by atoms with Crippen molar-refractivity contribution in [2.24, 2.45) is 5.92 Å². The fraction of sp³-hybridized carbons (Fsp3) is 0.286. The van der Waals surface area contributed by atoms with Gasteiger partial charge in [-0.3, -0.25) is 9.59 Å². The van der Waals surface area contributed by atoms with Crippen molar-refractivity contribution < 1.29 is 14.7 Å². The molecule has 0 fully saturated rings. The Hall–Kier alpha value is -2.39. The van der Waals surface area contributed by atoms with Crippen molar-refractivity contribution in [2.45, 2.75) is 26.4 Å². The van der Waals surface area contributed by atoms with Crippen molar-refractivity contribution in [3.05, 3.63) is 74.6 Å². The largest absolute Gasteiger partial charge is 0.393 e. The van der Waals surface area contributed by atoms with Gasteiger partial charge in [-0.05, 0) is 55.7 Å². The van der Waals surface area contributed by atoms with E-state index in [1.165, 1.54) is 6.92 Å². The maximum atomic E-state index is 12.6. The van der Waals surface area contributed by atoms with Gasteiger partial charge in [0.05, 0.1) is 30.2 Å². The lowest BCUT2D eigenvalue weighted by Gasteiger charge is -2.21. The van der Waals surface area contributed by atoms with Gasteiger partial charge in [-0.2, -0.15) is 0 Å². The first kappa shape index (κ1) is 21.9. The highest BCUT2D eigenvalue weighted by molar-refractivity contribution is 6.34. The molecule has 2 rings (SSSR count). The normalized spacial score (nSPS) is 12.7. The van der Waals surface area contributed by atoms with Crippen LogP contribution < -0.4 is 5.32 Å². The monoisotopic (exact) mass is 418 g/mol. The lowest BCUT2D eigenvalue weighted by atomic mass is 9.91. The zero-order chi connectivity index (χ0) is 20.8. The number of benzene rings is 2. The summed E-state index contributed by atoms with van der Waals surface area (Å²) in [5, 5.41) is 13.5. The molecule has 0 aliphatic heterocycles. The fourth-order valence-electron chi connectivity index (χ4n) is 2.77. The van der Waals surface area contributed by atoms with E-state index in [4.69, 9.17) is 29.8 Å². The lowest BCUT2D eigenvalue weighted by Crippen LogP contribution is -2.40. The molecule has 1 amide bonds. The minimum absolute atomic E-state index is 0.180. The van der Waals surface area contributed by atoms with Crippen molar-refractivity contribution in [1.82, 2.24) is 5.32 Å². The third kappa shape index (κ3) is 5.32. The molecule has 2 aromatic rings. The highest BCUT2D eigenvalue weighted by atomic mass is 35.5. The number of aliphatic hydroxyl groups is 1. The zero-order valence-electron chi connectivity index (χ0n) is 15.5. The van der Waals surface area contributed by atoms with Crippen LogP contribution in [-0.4, -0.2) is 29.4 Å². The lowest BCUT2D eigenvalue weighted by molar-refractivity contribution is -0.127. The van der Waals surface area contributed by atoms with E-state index in [2.05, 4.69) is 10.2 Å². The topological polar surface area (TPSA) is 70.8 Å². The highest BCUT2D eigenvalue weighted by Gasteiger charge is 2.25. The Balaban J connectivity index is 2.08. The summed E-state index contributed by atoms with van der Waals surface area (Å²) in [5.41, 5.74) is 2.25. The van der Waals surface area contributed by atoms with Crippen LogP contribution in [0.4, 0.5) is 5.69 Å². The van der Waals surface area contributed by atoms with Gasteiger partial charge in [0.1, 0.15) is 0 Å². The number of hydrogen-bond acceptors (Lipinski definition) is 3. The molecule has 0 aliphatic carbocycles. The minimum Gasteiger partial charge on any atom is -0.393 e. The quantitative estimate of drug-likeness (QED) is 0.517. The molecule has 5 nitrogen and oxygen atoms in total. The number of carbonyl (C=O) groups is 2. The number of aliphatic hydroxyl groups excluding tert-OH is 1. The second-order valence-corrected chi connectivity index (χ2v) is 7.31. The number of halogens is 2. The van der Waals surface area contributed by atoms with Gasteiger partial charge >= 0.3 is 0 Å². The van der Waals surface area contributed by atoms with E-state index in [1.54, 1.807) is 43.3 Å². The molecule has 7 heteroatoms. The van der Waals surface area contributed by atoms with Crippen molar-refractivity contribution in [1.29, 1.82) is 0 Å². The van der Waals surface area contributed by atoms with E-state index in [9.17, 15) is 14.7 Å². The van der Waals surface area contributed by atoms with Gasteiger partial charge in [0.2, 0.25) is 11.6 Å². The molecule has 0 saturated carbocycles. The standard InChI is InChI=1S/C21H20Cl2N2O3/c1-12-15(6-9-18(24-3)20(12)23)10-17(13(2)26)21(28)25-11-19(27)14-4-7-16(22)8-5-14/h4-9,13,17,26H,10-11H2,1-2H3,(H,25,28)/t13-,17-/m1/s1. The molecular formula is C21H20Cl2N2O3. The second kappa shape index (κ2) is 9.70. The summed E-state index contributed by atoms with van der Waals surface area (Å²) in [5.74, 6) is -1.44. The Morgan fingerprint density at radius 2 is 1.82 bits per heavy atom. The van der Waals surface area contributed by atoms with E-state index in [0.29, 0.717) is 26.9 Å². The number of hydrogen-bond donors (Lipinski definition) is 2. The van der Waals surface area contributed by atoms with E-state index >= 15 is 0 Å². The minimum atomic E-state index is -0.927. The van der Waals surface area contributed by atoms with Gasteiger partial charge in [-0.1, -0.05) is 35.3 Å². The number of Topliss-reactive ketones (excluding diaryl/α,β-unsaturated/α-hetero) is 1.